The molecule has 0 heterocycles. The smallest absolute Gasteiger partial charge is 0.337 e. The molecular formula is C21H24N2O5. The Bertz CT molecular complexity index is 816. The molecule has 0 saturated heterocycles. The van der Waals surface area contributed by atoms with Gasteiger partial charge in [-0.15, -0.1) is 0 Å². The first-order valence-electron chi connectivity index (χ1n) is 8.79. The third kappa shape index (κ3) is 6.12. The fourth-order valence-corrected chi connectivity index (χ4v) is 2.59. The van der Waals surface area contributed by atoms with E-state index < -0.39 is 5.97 Å². The number of nitrogens with one attached hydrogen (secondary N) is 1. The lowest BCUT2D eigenvalue weighted by atomic mass is 10.1. The number of hydrogen-bond donors (Lipinski definition) is 1. The molecule has 148 valence electrons. The summed E-state index contributed by atoms with van der Waals surface area (Å²) < 4.78 is 9.76. The zero-order valence-electron chi connectivity index (χ0n) is 16.2. The maximum absolute atomic E-state index is 12.3. The number of carbonyl (C=O) groups is 3. The number of nitrogens with zero attached hydrogens (tertiary/aromatic N) is 1. The maximum atomic E-state index is 12.3. The first kappa shape index (κ1) is 21.0. The van der Waals surface area contributed by atoms with E-state index in [0.29, 0.717) is 24.2 Å². The molecule has 2 amide bonds. The van der Waals surface area contributed by atoms with Gasteiger partial charge in [0.25, 0.3) is 0 Å². The van der Waals surface area contributed by atoms with Crippen LogP contribution in [0, 0.1) is 0 Å². The summed E-state index contributed by atoms with van der Waals surface area (Å²) in [5, 5.41) is 2.72. The molecule has 0 aromatic heterocycles. The van der Waals surface area contributed by atoms with Crippen molar-refractivity contribution in [1.82, 2.24) is 4.90 Å². The molecule has 28 heavy (non-hydrogen) atoms. The van der Waals surface area contributed by atoms with Gasteiger partial charge in [0.05, 0.1) is 26.3 Å². The van der Waals surface area contributed by atoms with Crippen molar-refractivity contribution in [2.45, 2.75) is 13.3 Å². The molecular weight excluding hydrogens is 360 g/mol. The highest BCUT2D eigenvalue weighted by atomic mass is 16.5. The second kappa shape index (κ2) is 10.1. The summed E-state index contributed by atoms with van der Waals surface area (Å²) in [6.07, 6.45) is 0.630. The molecule has 0 bridgehead atoms. The number of benzene rings is 2. The van der Waals surface area contributed by atoms with Crippen molar-refractivity contribution >= 4 is 23.5 Å². The molecule has 2 aromatic carbocycles. The molecule has 1 N–H and O–H groups in total. The molecule has 0 aliphatic heterocycles. The van der Waals surface area contributed by atoms with Crippen molar-refractivity contribution in [3.8, 4) is 5.75 Å². The van der Waals surface area contributed by atoms with Crippen molar-refractivity contribution in [3.63, 3.8) is 0 Å². The number of anilines is 1. The molecule has 0 radical (unpaired) electrons. The molecule has 7 nitrogen and oxygen atoms in total. The van der Waals surface area contributed by atoms with Crippen molar-refractivity contribution in [3.05, 3.63) is 59.7 Å². The average molecular weight is 384 g/mol. The molecule has 0 spiro atoms. The van der Waals surface area contributed by atoms with Gasteiger partial charge in [-0.05, 0) is 48.4 Å². The van der Waals surface area contributed by atoms with Gasteiger partial charge in [-0.3, -0.25) is 9.59 Å². The third-order valence-electron chi connectivity index (χ3n) is 4.20. The predicted molar refractivity (Wildman–Crippen MR) is 105 cm³/mol. The monoisotopic (exact) mass is 384 g/mol. The zero-order chi connectivity index (χ0) is 20.5. The zero-order valence-corrected chi connectivity index (χ0v) is 16.2. The number of esters is 1. The second-order valence-corrected chi connectivity index (χ2v) is 6.16. The van der Waals surface area contributed by atoms with Crippen molar-refractivity contribution in [2.75, 3.05) is 32.6 Å². The van der Waals surface area contributed by atoms with Crippen LogP contribution < -0.4 is 10.1 Å². The Labute approximate surface area is 164 Å². The van der Waals surface area contributed by atoms with E-state index in [-0.39, 0.29) is 18.4 Å². The number of carbonyl (C=O) groups excluding carboxylic acids is 3. The Hall–Kier alpha value is -3.35. The number of methoxy groups -OCH3 is 2. The highest BCUT2D eigenvalue weighted by Gasteiger charge is 2.14. The Balaban J connectivity index is 1.90. The largest absolute Gasteiger partial charge is 0.497 e. The van der Waals surface area contributed by atoms with Gasteiger partial charge in [-0.1, -0.05) is 12.1 Å². The predicted octanol–water partition coefficient (Wildman–Crippen LogP) is 2.51. The molecule has 0 unspecified atom stereocenters. The van der Waals surface area contributed by atoms with Crippen LogP contribution in [0.1, 0.15) is 22.8 Å². The molecule has 2 aromatic rings. The van der Waals surface area contributed by atoms with Crippen LogP contribution in [0.4, 0.5) is 5.69 Å². The Kier molecular flexibility index (Phi) is 7.56. The summed E-state index contributed by atoms with van der Waals surface area (Å²) >= 11 is 0. The molecule has 2 rings (SSSR count). The summed E-state index contributed by atoms with van der Waals surface area (Å²) in [5.41, 5.74) is 1.98. The lowest BCUT2D eigenvalue weighted by Gasteiger charge is -2.20. The highest BCUT2D eigenvalue weighted by molar-refractivity contribution is 5.95. The van der Waals surface area contributed by atoms with Gasteiger partial charge >= 0.3 is 5.97 Å². The van der Waals surface area contributed by atoms with Crippen LogP contribution in [-0.2, 0) is 20.7 Å². The first-order chi connectivity index (χ1) is 13.4. The molecule has 0 saturated carbocycles. The summed E-state index contributed by atoms with van der Waals surface area (Å²) in [6.45, 7) is 1.81. The highest BCUT2D eigenvalue weighted by Crippen LogP contribution is 2.13. The second-order valence-electron chi connectivity index (χ2n) is 6.16. The van der Waals surface area contributed by atoms with Crippen LogP contribution in [0.5, 0.6) is 5.75 Å². The number of rotatable bonds is 8. The minimum Gasteiger partial charge on any atom is -0.497 e. The minimum atomic E-state index is -0.445. The first-order valence-corrected chi connectivity index (χ1v) is 8.79. The quantitative estimate of drug-likeness (QED) is 0.707. The third-order valence-corrected chi connectivity index (χ3v) is 4.20. The SMILES string of the molecule is COC(=O)c1ccc(NC(=O)CN(CCc2ccc(OC)cc2)C(C)=O)cc1. The van der Waals surface area contributed by atoms with E-state index in [4.69, 9.17) is 4.74 Å². The minimum absolute atomic E-state index is 0.0513. The van der Waals surface area contributed by atoms with Crippen LogP contribution in [0.15, 0.2) is 48.5 Å². The van der Waals surface area contributed by atoms with Crippen molar-refractivity contribution < 1.29 is 23.9 Å². The number of hydrogen-bond acceptors (Lipinski definition) is 5. The van der Waals surface area contributed by atoms with Crippen molar-refractivity contribution in [1.29, 1.82) is 0 Å². The van der Waals surface area contributed by atoms with Gasteiger partial charge in [0.2, 0.25) is 11.8 Å². The Morgan fingerprint density at radius 2 is 1.61 bits per heavy atom. The Morgan fingerprint density at radius 1 is 0.964 bits per heavy atom. The van der Waals surface area contributed by atoms with E-state index in [1.54, 1.807) is 31.4 Å². The van der Waals surface area contributed by atoms with E-state index in [1.165, 1.54) is 18.9 Å². The van der Waals surface area contributed by atoms with Gasteiger partial charge in [-0.2, -0.15) is 0 Å². The fourth-order valence-electron chi connectivity index (χ4n) is 2.59. The van der Waals surface area contributed by atoms with E-state index in [9.17, 15) is 14.4 Å². The normalized spacial score (nSPS) is 10.1. The van der Waals surface area contributed by atoms with Gasteiger partial charge in [-0.25, -0.2) is 4.79 Å². The summed E-state index contributed by atoms with van der Waals surface area (Å²) in [5.74, 6) is -0.163. The van der Waals surface area contributed by atoms with Crippen molar-refractivity contribution in [2.24, 2.45) is 0 Å². The lowest BCUT2D eigenvalue weighted by Crippen LogP contribution is -2.38. The summed E-state index contributed by atoms with van der Waals surface area (Å²) in [6, 6.07) is 13.9. The molecule has 7 heteroatoms. The van der Waals surface area contributed by atoms with E-state index in [2.05, 4.69) is 10.1 Å². The number of ether oxygens (including phenoxy) is 2. The lowest BCUT2D eigenvalue weighted by molar-refractivity contribution is -0.132. The van der Waals surface area contributed by atoms with E-state index >= 15 is 0 Å². The molecule has 0 aliphatic rings. The van der Waals surface area contributed by atoms with Crippen LogP contribution >= 0.6 is 0 Å². The standard InChI is InChI=1S/C21H24N2O5/c1-15(24)23(13-12-16-4-10-19(27-2)11-5-16)14-20(25)22-18-8-6-17(7-9-18)21(26)28-3/h4-11H,12-14H2,1-3H3,(H,22,25). The maximum Gasteiger partial charge on any atom is 0.337 e. The van der Waals surface area contributed by atoms with Gasteiger partial charge in [0.1, 0.15) is 5.75 Å². The van der Waals surface area contributed by atoms with E-state index in [1.807, 2.05) is 24.3 Å². The Morgan fingerprint density at radius 3 is 2.14 bits per heavy atom. The van der Waals surface area contributed by atoms with Crippen LogP contribution in [-0.4, -0.2) is 50.0 Å². The topological polar surface area (TPSA) is 84.9 Å². The molecule has 0 aliphatic carbocycles. The summed E-state index contributed by atoms with van der Waals surface area (Å²) in [4.78, 5) is 37.1. The van der Waals surface area contributed by atoms with Gasteiger partial charge in [0.15, 0.2) is 0 Å². The molecule has 0 atom stereocenters. The van der Waals surface area contributed by atoms with Gasteiger partial charge in [0, 0.05) is 19.2 Å². The van der Waals surface area contributed by atoms with Crippen LogP contribution in [0.3, 0.4) is 0 Å². The summed E-state index contributed by atoms with van der Waals surface area (Å²) in [7, 11) is 2.91. The number of amides is 2. The molecule has 0 fully saturated rings. The van der Waals surface area contributed by atoms with Gasteiger partial charge < -0.3 is 19.7 Å². The van der Waals surface area contributed by atoms with Crippen LogP contribution in [0.25, 0.3) is 0 Å². The fraction of sp³-hybridized carbons (Fsp3) is 0.286. The average Bonchev–Trinajstić information content (AvgIpc) is 2.71. The van der Waals surface area contributed by atoms with E-state index in [0.717, 1.165) is 11.3 Å². The van der Waals surface area contributed by atoms with Crippen LogP contribution in [0.2, 0.25) is 0 Å².